The zero-order valence-corrected chi connectivity index (χ0v) is 11.4. The van der Waals surface area contributed by atoms with Crippen LogP contribution in [0.5, 0.6) is 0 Å². The quantitative estimate of drug-likeness (QED) is 0.656. The summed E-state index contributed by atoms with van der Waals surface area (Å²) in [6, 6.07) is 0. The van der Waals surface area contributed by atoms with Crippen molar-refractivity contribution in [3.05, 3.63) is 0 Å². The molecule has 1 rings (SSSR count). The third-order valence-corrected chi connectivity index (χ3v) is 7.22. The molecule has 2 atom stereocenters. The second kappa shape index (κ2) is 4.05. The van der Waals surface area contributed by atoms with Gasteiger partial charge in [-0.2, -0.15) is 0 Å². The van der Waals surface area contributed by atoms with Crippen molar-refractivity contribution in [3.8, 4) is 0 Å². The standard InChI is InChI=1S/C7H11NO2SSe2/c1-11-4-6(2-3-12)7(8,13-6)5(9)10/h3H,2,4,8H2,1H3,(H,9,10). The fraction of sp³-hybridized carbons (Fsp3) is 0.714. The number of thioether (sulfide) groups is 1. The molecular weight excluding hydrogens is 320 g/mol. The van der Waals surface area contributed by atoms with Crippen LogP contribution in [0.3, 0.4) is 0 Å². The summed E-state index contributed by atoms with van der Waals surface area (Å²) in [6.45, 7) is 0. The first-order valence-corrected chi connectivity index (χ1v) is 7.77. The van der Waals surface area contributed by atoms with E-state index in [2.05, 4.69) is 15.6 Å². The third kappa shape index (κ3) is 1.89. The van der Waals surface area contributed by atoms with Crippen molar-refractivity contribution in [1.82, 2.24) is 0 Å². The average Bonchev–Trinajstić information content (AvgIpc) is 2.59. The van der Waals surface area contributed by atoms with Crippen LogP contribution in [0, 0.1) is 0 Å². The van der Waals surface area contributed by atoms with E-state index in [9.17, 15) is 4.79 Å². The van der Waals surface area contributed by atoms with Gasteiger partial charge in [0.1, 0.15) is 0 Å². The van der Waals surface area contributed by atoms with E-state index in [0.29, 0.717) is 0 Å². The second-order valence-corrected chi connectivity index (χ2v) is 7.93. The van der Waals surface area contributed by atoms with Gasteiger partial charge in [-0.25, -0.2) is 0 Å². The van der Waals surface area contributed by atoms with Gasteiger partial charge in [0.2, 0.25) is 0 Å². The van der Waals surface area contributed by atoms with Gasteiger partial charge in [0.25, 0.3) is 0 Å². The van der Waals surface area contributed by atoms with Crippen LogP contribution >= 0.6 is 11.8 Å². The van der Waals surface area contributed by atoms with E-state index >= 15 is 0 Å². The monoisotopic (exact) mass is 333 g/mol. The maximum atomic E-state index is 10.9. The number of aliphatic carboxylic acids is 1. The zero-order valence-electron chi connectivity index (χ0n) is 7.15. The first kappa shape index (κ1) is 11.8. The van der Waals surface area contributed by atoms with Crippen LogP contribution in [0.1, 0.15) is 6.42 Å². The topological polar surface area (TPSA) is 63.3 Å². The summed E-state index contributed by atoms with van der Waals surface area (Å²) >= 11 is 4.49. The van der Waals surface area contributed by atoms with Gasteiger partial charge in [-0.05, 0) is 0 Å². The fourth-order valence-electron chi connectivity index (χ4n) is 1.28. The van der Waals surface area contributed by atoms with E-state index in [-0.39, 0.29) is 19.3 Å². The van der Waals surface area contributed by atoms with E-state index in [1.165, 1.54) is 0 Å². The molecule has 0 bridgehead atoms. The van der Waals surface area contributed by atoms with Gasteiger partial charge in [-0.1, -0.05) is 0 Å². The summed E-state index contributed by atoms with van der Waals surface area (Å²) in [5.41, 5.74) is 5.82. The number of rotatable bonds is 5. The Morgan fingerprint density at radius 3 is 2.77 bits per heavy atom. The number of nitrogens with two attached hydrogens (primary N) is 1. The van der Waals surface area contributed by atoms with Crippen molar-refractivity contribution in [2.75, 3.05) is 12.0 Å². The van der Waals surface area contributed by atoms with Crippen LogP contribution in [0.2, 0.25) is 4.31 Å². The summed E-state index contributed by atoms with van der Waals surface area (Å²) in [5.74, 6) is -0.00282. The summed E-state index contributed by atoms with van der Waals surface area (Å²) in [4.78, 5) is 12.8. The first-order valence-electron chi connectivity index (χ1n) is 3.67. The van der Waals surface area contributed by atoms with E-state index in [4.69, 9.17) is 10.8 Å². The van der Waals surface area contributed by atoms with Crippen molar-refractivity contribution < 1.29 is 9.90 Å². The molecule has 0 aromatic rings. The Bertz CT molecular complexity index is 251. The number of carbonyl (C=O) groups is 1. The predicted molar refractivity (Wildman–Crippen MR) is 57.8 cm³/mol. The number of carboxylic acids is 1. The molecule has 74 valence electrons. The van der Waals surface area contributed by atoms with E-state index in [1.807, 2.05) is 11.2 Å². The van der Waals surface area contributed by atoms with E-state index in [1.54, 1.807) is 11.8 Å². The molecule has 2 unspecified atom stereocenters. The molecule has 0 amide bonds. The minimum absolute atomic E-state index is 0.0230. The predicted octanol–water partition coefficient (Wildman–Crippen LogP) is -0.674. The summed E-state index contributed by atoms with van der Waals surface area (Å²) in [7, 11) is 0. The molecule has 3 nitrogen and oxygen atoms in total. The molecule has 6 heteroatoms. The molecule has 0 radical (unpaired) electrons. The fourth-order valence-corrected chi connectivity index (χ4v) is 6.83. The van der Waals surface area contributed by atoms with Crippen molar-refractivity contribution in [3.63, 3.8) is 0 Å². The SMILES string of the molecule is CSCC1(CC=[Se])[Se]C1(N)C(=O)O. The van der Waals surface area contributed by atoms with Gasteiger partial charge in [0, 0.05) is 0 Å². The Morgan fingerprint density at radius 2 is 2.46 bits per heavy atom. The Morgan fingerprint density at radius 1 is 1.85 bits per heavy atom. The normalized spacial score (nSPS) is 37.1. The maximum absolute atomic E-state index is 10.9. The number of hydrogen-bond acceptors (Lipinski definition) is 3. The molecule has 0 aliphatic carbocycles. The molecule has 1 aliphatic rings. The van der Waals surface area contributed by atoms with Gasteiger partial charge in [0.05, 0.1) is 0 Å². The van der Waals surface area contributed by atoms with Crippen LogP contribution in [0.15, 0.2) is 0 Å². The van der Waals surface area contributed by atoms with Crippen LogP contribution in [0.4, 0.5) is 0 Å². The molecule has 1 fully saturated rings. The molecule has 1 saturated heterocycles. The van der Waals surface area contributed by atoms with Gasteiger partial charge in [-0.15, -0.1) is 0 Å². The summed E-state index contributed by atoms with van der Waals surface area (Å²) < 4.78 is -1.08. The van der Waals surface area contributed by atoms with Gasteiger partial charge in [0.15, 0.2) is 0 Å². The van der Waals surface area contributed by atoms with Crippen LogP contribution in [-0.4, -0.2) is 63.0 Å². The van der Waals surface area contributed by atoms with Crippen molar-refractivity contribution >= 4 is 53.2 Å². The molecule has 0 saturated carbocycles. The van der Waals surface area contributed by atoms with Crippen molar-refractivity contribution in [2.45, 2.75) is 15.2 Å². The van der Waals surface area contributed by atoms with Crippen molar-refractivity contribution in [1.29, 1.82) is 0 Å². The van der Waals surface area contributed by atoms with Gasteiger partial charge in [-0.3, -0.25) is 0 Å². The third-order valence-electron chi connectivity index (χ3n) is 2.10. The number of hydrogen-bond donors (Lipinski definition) is 2. The molecule has 1 heterocycles. The Hall–Kier alpha value is 0.689. The van der Waals surface area contributed by atoms with Gasteiger partial charge < -0.3 is 0 Å². The Balaban J connectivity index is 2.75. The van der Waals surface area contributed by atoms with E-state index < -0.39 is 10.4 Å². The summed E-state index contributed by atoms with van der Waals surface area (Å²) in [5, 5.41) is 8.96. The molecule has 13 heavy (non-hydrogen) atoms. The molecule has 1 aliphatic heterocycles. The number of carboxylic acid groups (broad SMARTS) is 1. The second-order valence-electron chi connectivity index (χ2n) is 2.94. The van der Waals surface area contributed by atoms with Crippen LogP contribution in [0.25, 0.3) is 0 Å². The zero-order chi connectivity index (χ0) is 10.1. The molecule has 3 N–H and O–H groups in total. The average molecular weight is 331 g/mol. The minimum atomic E-state index is -0.927. The molecular formula is C7H11NO2SSe2. The van der Waals surface area contributed by atoms with E-state index in [0.717, 1.165) is 12.2 Å². The van der Waals surface area contributed by atoms with Gasteiger partial charge >= 0.3 is 96.0 Å². The Kier molecular flexibility index (Phi) is 3.66. The Labute approximate surface area is 95.7 Å². The molecule has 0 aromatic heterocycles. The van der Waals surface area contributed by atoms with Crippen molar-refractivity contribution in [2.24, 2.45) is 5.73 Å². The summed E-state index contributed by atoms with van der Waals surface area (Å²) in [6.07, 6.45) is 2.76. The molecule has 0 spiro atoms. The van der Waals surface area contributed by atoms with Crippen LogP contribution in [-0.2, 0) is 4.79 Å². The van der Waals surface area contributed by atoms with Crippen LogP contribution < -0.4 is 5.73 Å². The molecule has 0 aromatic carbocycles. The first-order chi connectivity index (χ1) is 6.02.